The molecule has 3 amide bonds. The molecule has 1 aliphatic heterocycles. The molecule has 2 heterocycles. The lowest BCUT2D eigenvalue weighted by molar-refractivity contribution is -0.0976. The van der Waals surface area contributed by atoms with E-state index in [2.05, 4.69) is 10.4 Å². The maximum atomic E-state index is 12.3. The number of imide groups is 1. The Morgan fingerprint density at radius 3 is 2.33 bits per heavy atom. The second-order valence-electron chi connectivity index (χ2n) is 7.23. The molecule has 33 heavy (non-hydrogen) atoms. The first-order chi connectivity index (χ1) is 16.0. The number of hydroxylamine groups is 2. The number of hydrogen-bond acceptors (Lipinski definition) is 6. The van der Waals surface area contributed by atoms with E-state index >= 15 is 0 Å². The number of carboxylic acid groups (broad SMARTS) is 1. The van der Waals surface area contributed by atoms with Crippen LogP contribution in [0.25, 0.3) is 11.1 Å². The number of amides is 3. The van der Waals surface area contributed by atoms with Gasteiger partial charge in [0.15, 0.2) is 0 Å². The average Bonchev–Trinajstić information content (AvgIpc) is 3.39. The van der Waals surface area contributed by atoms with Gasteiger partial charge < -0.3 is 15.2 Å². The lowest BCUT2D eigenvalue weighted by Gasteiger charge is -2.13. The molecule has 0 saturated heterocycles. The lowest BCUT2D eigenvalue weighted by Crippen LogP contribution is -2.31. The van der Waals surface area contributed by atoms with Crippen molar-refractivity contribution < 1.29 is 29.1 Å². The molecule has 0 atom stereocenters. The highest BCUT2D eigenvalue weighted by Crippen LogP contribution is 2.23. The molecule has 0 saturated carbocycles. The van der Waals surface area contributed by atoms with E-state index in [9.17, 15) is 14.4 Å². The minimum absolute atomic E-state index is 0.0384. The Morgan fingerprint density at radius 1 is 0.970 bits per heavy atom. The van der Waals surface area contributed by atoms with Crippen LogP contribution in [-0.4, -0.2) is 57.6 Å². The summed E-state index contributed by atoms with van der Waals surface area (Å²) in [5, 5.41) is 16.0. The number of nitrogens with zero attached hydrogens (tertiary/aromatic N) is 3. The highest BCUT2D eigenvalue weighted by atomic mass is 16.7. The maximum absolute atomic E-state index is 12.3. The molecule has 0 aliphatic carbocycles. The van der Waals surface area contributed by atoms with Crippen LogP contribution < -0.4 is 10.1 Å². The van der Waals surface area contributed by atoms with Crippen molar-refractivity contribution in [3.8, 4) is 16.9 Å². The molecular weight excluding hydrogens is 428 g/mol. The summed E-state index contributed by atoms with van der Waals surface area (Å²) in [6.45, 7) is 1.17. The molecule has 4 rings (SSSR count). The number of benzene rings is 2. The van der Waals surface area contributed by atoms with Crippen LogP contribution in [0.2, 0.25) is 0 Å². The van der Waals surface area contributed by atoms with E-state index < -0.39 is 17.9 Å². The second kappa shape index (κ2) is 9.96. The fourth-order valence-corrected chi connectivity index (χ4v) is 3.39. The summed E-state index contributed by atoms with van der Waals surface area (Å²) in [6.07, 6.45) is 3.25. The molecule has 0 spiro atoms. The predicted molar refractivity (Wildman–Crippen MR) is 117 cm³/mol. The van der Waals surface area contributed by atoms with E-state index in [1.54, 1.807) is 35.1 Å². The number of rotatable bonds is 10. The number of aryl methyl sites for hydroxylation is 1. The average molecular weight is 450 g/mol. The summed E-state index contributed by atoms with van der Waals surface area (Å²) >= 11 is 0. The van der Waals surface area contributed by atoms with Gasteiger partial charge in [0.2, 0.25) is 0 Å². The summed E-state index contributed by atoms with van der Waals surface area (Å²) in [4.78, 5) is 40.3. The Balaban J connectivity index is 1.22. The zero-order valence-electron chi connectivity index (χ0n) is 17.6. The first-order valence-corrected chi connectivity index (χ1v) is 10.4. The van der Waals surface area contributed by atoms with Crippen molar-refractivity contribution in [1.82, 2.24) is 20.2 Å². The fraction of sp³-hybridized carbons (Fsp3) is 0.217. The summed E-state index contributed by atoms with van der Waals surface area (Å²) in [6, 6.07) is 14.0. The molecule has 10 heteroatoms. The third-order valence-corrected chi connectivity index (χ3v) is 4.99. The third kappa shape index (κ3) is 5.18. The van der Waals surface area contributed by atoms with Crippen LogP contribution in [0.5, 0.6) is 5.75 Å². The predicted octanol–water partition coefficient (Wildman–Crippen LogP) is 2.81. The fourth-order valence-electron chi connectivity index (χ4n) is 3.39. The van der Waals surface area contributed by atoms with Gasteiger partial charge >= 0.3 is 6.09 Å². The number of hydrogen-bond donors (Lipinski definition) is 2. The quantitative estimate of drug-likeness (QED) is 0.360. The third-order valence-electron chi connectivity index (χ3n) is 4.99. The first-order valence-electron chi connectivity index (χ1n) is 10.4. The number of carbonyl (C=O) groups excluding carboxylic acids is 2. The molecule has 0 radical (unpaired) electrons. The van der Waals surface area contributed by atoms with Crippen LogP contribution in [0.3, 0.4) is 0 Å². The van der Waals surface area contributed by atoms with Crippen LogP contribution in [0.4, 0.5) is 4.79 Å². The normalized spacial score (nSPS) is 12.7. The molecule has 0 bridgehead atoms. The minimum atomic E-state index is -1.03. The number of ether oxygens (including phenoxy) is 1. The van der Waals surface area contributed by atoms with Gasteiger partial charge in [-0.05, 0) is 36.2 Å². The highest BCUT2D eigenvalue weighted by Gasteiger charge is 2.36. The summed E-state index contributed by atoms with van der Waals surface area (Å²) in [5.74, 6) is -0.325. The van der Waals surface area contributed by atoms with Gasteiger partial charge in [-0.25, -0.2) is 4.79 Å². The van der Waals surface area contributed by atoms with E-state index in [1.165, 1.54) is 0 Å². The summed E-state index contributed by atoms with van der Waals surface area (Å²) < 4.78 is 7.41. The largest absolute Gasteiger partial charge is 0.491 e. The van der Waals surface area contributed by atoms with Crippen molar-refractivity contribution in [3.63, 3.8) is 0 Å². The highest BCUT2D eigenvalue weighted by molar-refractivity contribution is 6.20. The Kier molecular flexibility index (Phi) is 6.65. The van der Waals surface area contributed by atoms with Gasteiger partial charge in [-0.1, -0.05) is 24.3 Å². The molecule has 170 valence electrons. The second-order valence-corrected chi connectivity index (χ2v) is 7.23. The van der Waals surface area contributed by atoms with Gasteiger partial charge in [0.1, 0.15) is 19.0 Å². The molecule has 1 aliphatic rings. The summed E-state index contributed by atoms with van der Waals surface area (Å²) in [5.41, 5.74) is 2.56. The molecule has 0 fully saturated rings. The van der Waals surface area contributed by atoms with Gasteiger partial charge in [-0.2, -0.15) is 5.10 Å². The SMILES string of the molecule is O=C(O)NCCCn1cc(-c2ccc(OCCON3C(=O)c4ccccc4C3=O)cc2)cn1. The van der Waals surface area contributed by atoms with Crippen molar-refractivity contribution in [1.29, 1.82) is 0 Å². The number of fused-ring (bicyclic) bond motifs is 1. The molecule has 0 unspecified atom stereocenters. The number of aromatic nitrogens is 2. The van der Waals surface area contributed by atoms with Gasteiger partial charge in [0.25, 0.3) is 11.8 Å². The topological polar surface area (TPSA) is 123 Å². The van der Waals surface area contributed by atoms with Crippen LogP contribution in [0, 0.1) is 0 Å². The molecule has 3 aromatic rings. The number of carbonyl (C=O) groups is 3. The van der Waals surface area contributed by atoms with E-state index in [0.29, 0.717) is 36.4 Å². The molecular formula is C23H22N4O6. The van der Waals surface area contributed by atoms with Gasteiger partial charge in [-0.3, -0.25) is 19.1 Å². The van der Waals surface area contributed by atoms with Crippen molar-refractivity contribution >= 4 is 17.9 Å². The van der Waals surface area contributed by atoms with Crippen molar-refractivity contribution in [2.75, 3.05) is 19.8 Å². The standard InChI is InChI=1S/C23H22N4O6/c28-21-19-4-1-2-5-20(19)22(29)27(21)33-13-12-32-18-8-6-16(7-9-18)17-14-25-26(15-17)11-3-10-24-23(30)31/h1-2,4-9,14-15,24H,3,10-13H2,(H,30,31). The minimum Gasteiger partial charge on any atom is -0.491 e. The van der Waals surface area contributed by atoms with Gasteiger partial charge in [-0.15, -0.1) is 5.06 Å². The maximum Gasteiger partial charge on any atom is 0.404 e. The van der Waals surface area contributed by atoms with E-state index in [1.807, 2.05) is 30.5 Å². The molecule has 10 nitrogen and oxygen atoms in total. The smallest absolute Gasteiger partial charge is 0.404 e. The van der Waals surface area contributed by atoms with E-state index in [0.717, 1.165) is 16.2 Å². The van der Waals surface area contributed by atoms with Gasteiger partial charge in [0, 0.05) is 24.8 Å². The Morgan fingerprint density at radius 2 is 1.67 bits per heavy atom. The number of nitrogens with one attached hydrogen (secondary N) is 1. The lowest BCUT2D eigenvalue weighted by atomic mass is 10.1. The van der Waals surface area contributed by atoms with Crippen molar-refractivity contribution in [2.24, 2.45) is 0 Å². The van der Waals surface area contributed by atoms with Crippen LogP contribution >= 0.6 is 0 Å². The zero-order chi connectivity index (χ0) is 23.2. The molecule has 2 N–H and O–H groups in total. The molecule has 2 aromatic carbocycles. The first kappa shape index (κ1) is 22.0. The van der Waals surface area contributed by atoms with Crippen LogP contribution in [0.1, 0.15) is 27.1 Å². The van der Waals surface area contributed by atoms with Crippen molar-refractivity contribution in [2.45, 2.75) is 13.0 Å². The van der Waals surface area contributed by atoms with Crippen molar-refractivity contribution in [3.05, 3.63) is 72.1 Å². The molecule has 1 aromatic heterocycles. The van der Waals surface area contributed by atoms with Crippen LogP contribution in [-0.2, 0) is 11.4 Å². The van der Waals surface area contributed by atoms with E-state index in [-0.39, 0.29) is 13.2 Å². The Bertz CT molecular complexity index is 1120. The van der Waals surface area contributed by atoms with E-state index in [4.69, 9.17) is 14.7 Å². The summed E-state index contributed by atoms with van der Waals surface area (Å²) in [7, 11) is 0. The van der Waals surface area contributed by atoms with Crippen LogP contribution in [0.15, 0.2) is 60.9 Å². The monoisotopic (exact) mass is 450 g/mol. The zero-order valence-corrected chi connectivity index (χ0v) is 17.6. The Labute approximate surface area is 189 Å². The van der Waals surface area contributed by atoms with Gasteiger partial charge in [0.05, 0.1) is 17.3 Å². The Hall–Kier alpha value is -4.18.